The van der Waals surface area contributed by atoms with Crippen LogP contribution in [-0.4, -0.2) is 18.1 Å². The van der Waals surface area contributed by atoms with E-state index in [0.29, 0.717) is 5.92 Å². The molecule has 0 fully saturated rings. The molecular weight excluding hydrogens is 282 g/mol. The summed E-state index contributed by atoms with van der Waals surface area (Å²) in [4.78, 5) is 0. The molecule has 90 valence electrons. The lowest BCUT2D eigenvalue weighted by molar-refractivity contribution is 0.625. The second kappa shape index (κ2) is 8.15. The summed E-state index contributed by atoms with van der Waals surface area (Å²) >= 11 is 5.46. The van der Waals surface area contributed by atoms with Gasteiger partial charge in [-0.3, -0.25) is 0 Å². The first-order chi connectivity index (χ1) is 7.77. The summed E-state index contributed by atoms with van der Waals surface area (Å²) < 4.78 is 1.13. The second-order valence-electron chi connectivity index (χ2n) is 3.82. The molecule has 1 aromatic carbocycles. The SMILES string of the molecule is CCSCCCC(CN)c1ccc(Br)cc1. The lowest BCUT2D eigenvalue weighted by Gasteiger charge is -2.15. The molecule has 3 heteroatoms. The summed E-state index contributed by atoms with van der Waals surface area (Å²) in [6, 6.07) is 8.54. The minimum atomic E-state index is 0.519. The predicted octanol–water partition coefficient (Wildman–Crippen LogP) is 4.02. The number of hydrogen-bond donors (Lipinski definition) is 1. The minimum absolute atomic E-state index is 0.519. The van der Waals surface area contributed by atoms with Crippen molar-refractivity contribution in [1.82, 2.24) is 0 Å². The Morgan fingerprint density at radius 3 is 2.56 bits per heavy atom. The van der Waals surface area contributed by atoms with Crippen LogP contribution in [0.4, 0.5) is 0 Å². The van der Waals surface area contributed by atoms with Crippen molar-refractivity contribution in [1.29, 1.82) is 0 Å². The molecule has 16 heavy (non-hydrogen) atoms. The Morgan fingerprint density at radius 2 is 2.00 bits per heavy atom. The van der Waals surface area contributed by atoms with Crippen LogP contribution in [0.5, 0.6) is 0 Å². The molecule has 0 aliphatic rings. The molecule has 0 bridgehead atoms. The highest BCUT2D eigenvalue weighted by Crippen LogP contribution is 2.23. The summed E-state index contributed by atoms with van der Waals surface area (Å²) in [5.41, 5.74) is 7.21. The summed E-state index contributed by atoms with van der Waals surface area (Å²) in [6.45, 7) is 2.96. The molecule has 0 aliphatic heterocycles. The van der Waals surface area contributed by atoms with Gasteiger partial charge in [-0.1, -0.05) is 35.0 Å². The van der Waals surface area contributed by atoms with E-state index in [-0.39, 0.29) is 0 Å². The molecule has 1 rings (SSSR count). The van der Waals surface area contributed by atoms with Gasteiger partial charge in [0.25, 0.3) is 0 Å². The lowest BCUT2D eigenvalue weighted by atomic mass is 9.95. The number of hydrogen-bond acceptors (Lipinski definition) is 2. The molecule has 1 nitrogen and oxygen atoms in total. The third-order valence-corrected chi connectivity index (χ3v) is 4.19. The van der Waals surface area contributed by atoms with Gasteiger partial charge in [0, 0.05) is 4.47 Å². The zero-order valence-electron chi connectivity index (χ0n) is 9.79. The van der Waals surface area contributed by atoms with E-state index in [9.17, 15) is 0 Å². The molecule has 0 radical (unpaired) electrons. The fourth-order valence-corrected chi connectivity index (χ4v) is 2.66. The van der Waals surface area contributed by atoms with Crippen molar-refractivity contribution in [3.63, 3.8) is 0 Å². The smallest absolute Gasteiger partial charge is 0.0175 e. The fraction of sp³-hybridized carbons (Fsp3) is 0.538. The zero-order chi connectivity index (χ0) is 11.8. The van der Waals surface area contributed by atoms with Crippen LogP contribution in [0, 0.1) is 0 Å². The summed E-state index contributed by atoms with van der Waals surface area (Å²) in [7, 11) is 0. The second-order valence-corrected chi connectivity index (χ2v) is 6.13. The van der Waals surface area contributed by atoms with Crippen molar-refractivity contribution < 1.29 is 0 Å². The summed E-state index contributed by atoms with van der Waals surface area (Å²) in [5, 5.41) is 0. The topological polar surface area (TPSA) is 26.0 Å². The summed E-state index contributed by atoms with van der Waals surface area (Å²) in [5.74, 6) is 2.99. The molecule has 0 saturated heterocycles. The molecule has 0 aliphatic carbocycles. The Bertz CT molecular complexity index is 286. The Morgan fingerprint density at radius 1 is 1.31 bits per heavy atom. The van der Waals surface area contributed by atoms with Gasteiger partial charge in [0.1, 0.15) is 0 Å². The van der Waals surface area contributed by atoms with Gasteiger partial charge in [-0.15, -0.1) is 0 Å². The molecule has 0 aromatic heterocycles. The van der Waals surface area contributed by atoms with E-state index in [1.54, 1.807) is 0 Å². The third kappa shape index (κ3) is 4.89. The quantitative estimate of drug-likeness (QED) is 0.770. The van der Waals surface area contributed by atoms with Crippen molar-refractivity contribution in [2.24, 2.45) is 5.73 Å². The first kappa shape index (κ1) is 14.1. The average molecular weight is 302 g/mol. The molecule has 0 heterocycles. The van der Waals surface area contributed by atoms with Gasteiger partial charge in [0.05, 0.1) is 0 Å². The van der Waals surface area contributed by atoms with E-state index < -0.39 is 0 Å². The average Bonchev–Trinajstić information content (AvgIpc) is 2.31. The van der Waals surface area contributed by atoms with Crippen molar-refractivity contribution in [3.8, 4) is 0 Å². The zero-order valence-corrected chi connectivity index (χ0v) is 12.2. The van der Waals surface area contributed by atoms with Gasteiger partial charge < -0.3 is 5.73 Å². The van der Waals surface area contributed by atoms with E-state index in [1.165, 1.54) is 29.9 Å². The molecule has 1 atom stereocenters. The van der Waals surface area contributed by atoms with Gasteiger partial charge in [-0.2, -0.15) is 11.8 Å². The van der Waals surface area contributed by atoms with E-state index in [0.717, 1.165) is 11.0 Å². The predicted molar refractivity (Wildman–Crippen MR) is 78.2 cm³/mol. The number of rotatable bonds is 7. The van der Waals surface area contributed by atoms with Crippen LogP contribution in [0.2, 0.25) is 0 Å². The van der Waals surface area contributed by atoms with Crippen LogP contribution in [-0.2, 0) is 0 Å². The fourth-order valence-electron chi connectivity index (χ4n) is 1.73. The normalized spacial score (nSPS) is 12.7. The highest BCUT2D eigenvalue weighted by Gasteiger charge is 2.08. The standard InChI is InChI=1S/C13H20BrNS/c1-2-16-9-3-4-12(10-15)11-5-7-13(14)8-6-11/h5-8,12H,2-4,9-10,15H2,1H3. The largest absolute Gasteiger partial charge is 0.330 e. The maximum absolute atomic E-state index is 5.84. The number of halogens is 1. The Hall–Kier alpha value is 0.01000. The van der Waals surface area contributed by atoms with Gasteiger partial charge in [0.2, 0.25) is 0 Å². The van der Waals surface area contributed by atoms with Gasteiger partial charge >= 0.3 is 0 Å². The van der Waals surface area contributed by atoms with E-state index >= 15 is 0 Å². The molecule has 1 unspecified atom stereocenters. The van der Waals surface area contributed by atoms with E-state index in [1.807, 2.05) is 11.8 Å². The third-order valence-electron chi connectivity index (χ3n) is 2.67. The van der Waals surface area contributed by atoms with Crippen LogP contribution in [0.15, 0.2) is 28.7 Å². The summed E-state index contributed by atoms with van der Waals surface area (Å²) in [6.07, 6.45) is 2.46. The molecule has 1 aromatic rings. The highest BCUT2D eigenvalue weighted by atomic mass is 79.9. The molecule has 0 saturated carbocycles. The molecule has 0 amide bonds. The van der Waals surface area contributed by atoms with Gasteiger partial charge in [-0.25, -0.2) is 0 Å². The van der Waals surface area contributed by atoms with Crippen LogP contribution in [0.1, 0.15) is 31.2 Å². The lowest BCUT2D eigenvalue weighted by Crippen LogP contribution is -2.12. The molecular formula is C13H20BrNS. The van der Waals surface area contributed by atoms with Crippen molar-refractivity contribution in [2.45, 2.75) is 25.7 Å². The first-order valence-electron chi connectivity index (χ1n) is 5.81. The first-order valence-corrected chi connectivity index (χ1v) is 7.76. The monoisotopic (exact) mass is 301 g/mol. The number of nitrogens with two attached hydrogens (primary N) is 1. The number of benzene rings is 1. The van der Waals surface area contributed by atoms with Crippen molar-refractivity contribution >= 4 is 27.7 Å². The molecule has 0 spiro atoms. The van der Waals surface area contributed by atoms with E-state index in [2.05, 4.69) is 47.1 Å². The number of thioether (sulfide) groups is 1. The maximum atomic E-state index is 5.84. The van der Waals surface area contributed by atoms with Crippen LogP contribution < -0.4 is 5.73 Å². The Labute approximate surface area is 111 Å². The van der Waals surface area contributed by atoms with Crippen LogP contribution in [0.25, 0.3) is 0 Å². The Kier molecular flexibility index (Phi) is 7.17. The molecule has 2 N–H and O–H groups in total. The van der Waals surface area contributed by atoms with Crippen LogP contribution >= 0.6 is 27.7 Å². The van der Waals surface area contributed by atoms with E-state index in [4.69, 9.17) is 5.73 Å². The van der Waals surface area contributed by atoms with Crippen molar-refractivity contribution in [3.05, 3.63) is 34.3 Å². The maximum Gasteiger partial charge on any atom is 0.0175 e. The van der Waals surface area contributed by atoms with Crippen LogP contribution in [0.3, 0.4) is 0 Å². The van der Waals surface area contributed by atoms with Gasteiger partial charge in [-0.05, 0) is 54.5 Å². The van der Waals surface area contributed by atoms with Crippen molar-refractivity contribution in [2.75, 3.05) is 18.1 Å². The Balaban J connectivity index is 2.44. The van der Waals surface area contributed by atoms with Gasteiger partial charge in [0.15, 0.2) is 0 Å². The highest BCUT2D eigenvalue weighted by molar-refractivity contribution is 9.10. The minimum Gasteiger partial charge on any atom is -0.330 e.